The third-order valence-electron chi connectivity index (χ3n) is 2.62. The SMILES string of the molecule is O=C(O)c1nnn(Cc2cnccn2)c1-c1cccs1. The Kier molecular flexibility index (Phi) is 3.21. The molecule has 0 bridgehead atoms. The van der Waals surface area contributed by atoms with E-state index in [-0.39, 0.29) is 5.69 Å². The van der Waals surface area contributed by atoms with E-state index < -0.39 is 5.97 Å². The Labute approximate surface area is 117 Å². The van der Waals surface area contributed by atoms with E-state index in [1.807, 2.05) is 17.5 Å². The topological polar surface area (TPSA) is 93.8 Å². The molecule has 0 saturated carbocycles. The van der Waals surface area contributed by atoms with Crippen LogP contribution in [0.4, 0.5) is 0 Å². The quantitative estimate of drug-likeness (QED) is 0.782. The van der Waals surface area contributed by atoms with Gasteiger partial charge in [0.25, 0.3) is 0 Å². The second-order valence-corrected chi connectivity index (χ2v) is 4.87. The molecule has 3 aromatic rings. The van der Waals surface area contributed by atoms with E-state index in [0.29, 0.717) is 17.9 Å². The van der Waals surface area contributed by atoms with E-state index in [9.17, 15) is 9.90 Å². The van der Waals surface area contributed by atoms with E-state index in [4.69, 9.17) is 0 Å². The zero-order valence-electron chi connectivity index (χ0n) is 10.2. The summed E-state index contributed by atoms with van der Waals surface area (Å²) in [5.74, 6) is -1.10. The zero-order chi connectivity index (χ0) is 13.9. The van der Waals surface area contributed by atoms with Gasteiger partial charge in [-0.3, -0.25) is 9.97 Å². The van der Waals surface area contributed by atoms with Crippen LogP contribution in [-0.2, 0) is 6.54 Å². The highest BCUT2D eigenvalue weighted by Crippen LogP contribution is 2.27. The monoisotopic (exact) mass is 287 g/mol. The van der Waals surface area contributed by atoms with E-state index in [1.54, 1.807) is 18.6 Å². The molecule has 8 heteroatoms. The highest BCUT2D eigenvalue weighted by atomic mass is 32.1. The number of nitrogens with zero attached hydrogens (tertiary/aromatic N) is 5. The van der Waals surface area contributed by atoms with Gasteiger partial charge in [0.1, 0.15) is 5.69 Å². The Hall–Kier alpha value is -2.61. The van der Waals surface area contributed by atoms with Crippen LogP contribution in [0.1, 0.15) is 16.2 Å². The summed E-state index contributed by atoms with van der Waals surface area (Å²) in [6, 6.07) is 3.69. The summed E-state index contributed by atoms with van der Waals surface area (Å²) < 4.78 is 1.53. The number of aromatic nitrogens is 5. The normalized spacial score (nSPS) is 10.6. The summed E-state index contributed by atoms with van der Waals surface area (Å²) in [5, 5.41) is 18.7. The van der Waals surface area contributed by atoms with Crippen LogP contribution in [0.3, 0.4) is 0 Å². The van der Waals surface area contributed by atoms with Crippen molar-refractivity contribution >= 4 is 17.3 Å². The maximum atomic E-state index is 11.2. The van der Waals surface area contributed by atoms with Gasteiger partial charge in [-0.25, -0.2) is 9.48 Å². The fraction of sp³-hybridized carbons (Fsp3) is 0.0833. The van der Waals surface area contributed by atoms with Crippen LogP contribution in [-0.4, -0.2) is 36.0 Å². The van der Waals surface area contributed by atoms with Gasteiger partial charge in [-0.2, -0.15) is 0 Å². The van der Waals surface area contributed by atoms with Gasteiger partial charge >= 0.3 is 5.97 Å². The summed E-state index contributed by atoms with van der Waals surface area (Å²) in [7, 11) is 0. The third-order valence-corrected chi connectivity index (χ3v) is 3.50. The fourth-order valence-electron chi connectivity index (χ4n) is 1.79. The number of thiophene rings is 1. The molecule has 0 spiro atoms. The summed E-state index contributed by atoms with van der Waals surface area (Å²) in [6.45, 7) is 0.321. The highest BCUT2D eigenvalue weighted by molar-refractivity contribution is 7.13. The molecule has 20 heavy (non-hydrogen) atoms. The van der Waals surface area contributed by atoms with E-state index in [1.165, 1.54) is 16.0 Å². The Morgan fingerprint density at radius 3 is 2.95 bits per heavy atom. The molecule has 3 rings (SSSR count). The standard InChI is InChI=1S/C12H9N5O2S/c18-12(19)10-11(9-2-1-5-20-9)17(16-15-10)7-8-6-13-3-4-14-8/h1-6H,7H2,(H,18,19). The first kappa shape index (κ1) is 12.4. The summed E-state index contributed by atoms with van der Waals surface area (Å²) in [6.07, 6.45) is 4.77. The van der Waals surface area contributed by atoms with Crippen molar-refractivity contribution in [1.82, 2.24) is 25.0 Å². The number of carbonyl (C=O) groups is 1. The lowest BCUT2D eigenvalue weighted by Crippen LogP contribution is -2.06. The summed E-state index contributed by atoms with van der Waals surface area (Å²) in [5.41, 5.74) is 1.11. The van der Waals surface area contributed by atoms with Gasteiger partial charge in [0.2, 0.25) is 0 Å². The molecule has 0 amide bonds. The van der Waals surface area contributed by atoms with Crippen LogP contribution >= 0.6 is 11.3 Å². The van der Waals surface area contributed by atoms with Gasteiger partial charge in [-0.1, -0.05) is 11.3 Å². The van der Waals surface area contributed by atoms with Crippen molar-refractivity contribution in [2.45, 2.75) is 6.54 Å². The molecule has 100 valence electrons. The first-order chi connectivity index (χ1) is 9.75. The van der Waals surface area contributed by atoms with Crippen molar-refractivity contribution in [3.05, 3.63) is 47.5 Å². The highest BCUT2D eigenvalue weighted by Gasteiger charge is 2.21. The maximum Gasteiger partial charge on any atom is 0.358 e. The van der Waals surface area contributed by atoms with Gasteiger partial charge in [0.15, 0.2) is 5.69 Å². The van der Waals surface area contributed by atoms with E-state index in [0.717, 1.165) is 4.88 Å². The van der Waals surface area contributed by atoms with Crippen molar-refractivity contribution in [3.63, 3.8) is 0 Å². The van der Waals surface area contributed by atoms with Crippen molar-refractivity contribution in [3.8, 4) is 10.6 Å². The van der Waals surface area contributed by atoms with Crippen LogP contribution in [0, 0.1) is 0 Å². The number of carboxylic acid groups (broad SMARTS) is 1. The minimum absolute atomic E-state index is 0.0589. The minimum atomic E-state index is -1.10. The van der Waals surface area contributed by atoms with Gasteiger partial charge < -0.3 is 5.11 Å². The number of aromatic carboxylic acids is 1. The van der Waals surface area contributed by atoms with Crippen LogP contribution in [0.15, 0.2) is 36.1 Å². The predicted octanol–water partition coefficient (Wildman–Crippen LogP) is 1.54. The lowest BCUT2D eigenvalue weighted by molar-refractivity contribution is 0.0691. The van der Waals surface area contributed by atoms with Crippen LogP contribution in [0.25, 0.3) is 10.6 Å². The Bertz CT molecular complexity index is 724. The molecule has 0 radical (unpaired) electrons. The second kappa shape index (κ2) is 5.17. The van der Waals surface area contributed by atoms with Crippen molar-refractivity contribution in [1.29, 1.82) is 0 Å². The molecule has 0 atom stereocenters. The van der Waals surface area contributed by atoms with Crippen molar-refractivity contribution in [2.24, 2.45) is 0 Å². The first-order valence-corrected chi connectivity index (χ1v) is 6.59. The fourth-order valence-corrected chi connectivity index (χ4v) is 2.56. The van der Waals surface area contributed by atoms with Gasteiger partial charge in [-0.15, -0.1) is 16.4 Å². The van der Waals surface area contributed by atoms with Gasteiger partial charge in [-0.05, 0) is 11.4 Å². The molecule has 0 saturated heterocycles. The molecule has 0 fully saturated rings. The number of hydrogen-bond acceptors (Lipinski definition) is 6. The molecule has 0 aliphatic rings. The largest absolute Gasteiger partial charge is 0.476 e. The molecule has 3 aromatic heterocycles. The maximum absolute atomic E-state index is 11.2. The van der Waals surface area contributed by atoms with E-state index >= 15 is 0 Å². The summed E-state index contributed by atoms with van der Waals surface area (Å²) >= 11 is 1.44. The number of carboxylic acids is 1. The first-order valence-electron chi connectivity index (χ1n) is 5.71. The molecule has 3 heterocycles. The van der Waals surface area contributed by atoms with Crippen LogP contribution in [0.2, 0.25) is 0 Å². The molecular weight excluding hydrogens is 278 g/mol. The molecular formula is C12H9N5O2S. The van der Waals surface area contributed by atoms with Gasteiger partial charge in [0.05, 0.1) is 23.3 Å². The Balaban J connectivity index is 2.06. The van der Waals surface area contributed by atoms with Crippen LogP contribution < -0.4 is 0 Å². The van der Waals surface area contributed by atoms with Crippen LogP contribution in [0.5, 0.6) is 0 Å². The zero-order valence-corrected chi connectivity index (χ0v) is 11.0. The predicted molar refractivity (Wildman–Crippen MR) is 71.4 cm³/mol. The average molecular weight is 287 g/mol. The average Bonchev–Trinajstić information content (AvgIpc) is 3.08. The molecule has 0 aliphatic carbocycles. The number of hydrogen-bond donors (Lipinski definition) is 1. The van der Waals surface area contributed by atoms with Crippen molar-refractivity contribution < 1.29 is 9.90 Å². The third kappa shape index (κ3) is 2.28. The molecule has 7 nitrogen and oxygen atoms in total. The minimum Gasteiger partial charge on any atom is -0.476 e. The molecule has 0 aromatic carbocycles. The number of rotatable bonds is 4. The van der Waals surface area contributed by atoms with Crippen molar-refractivity contribution in [2.75, 3.05) is 0 Å². The van der Waals surface area contributed by atoms with E-state index in [2.05, 4.69) is 20.3 Å². The second-order valence-electron chi connectivity index (χ2n) is 3.92. The lowest BCUT2D eigenvalue weighted by Gasteiger charge is -2.04. The van der Waals surface area contributed by atoms with Gasteiger partial charge in [0, 0.05) is 12.4 Å². The molecule has 1 N–H and O–H groups in total. The lowest BCUT2D eigenvalue weighted by atomic mass is 10.2. The Morgan fingerprint density at radius 2 is 2.30 bits per heavy atom. The molecule has 0 unspecified atom stereocenters. The summed E-state index contributed by atoms with van der Waals surface area (Å²) in [4.78, 5) is 20.2. The smallest absolute Gasteiger partial charge is 0.358 e. The molecule has 0 aliphatic heterocycles. The Morgan fingerprint density at radius 1 is 1.40 bits per heavy atom.